The van der Waals surface area contributed by atoms with Gasteiger partial charge >= 0.3 is 0 Å². The van der Waals surface area contributed by atoms with Crippen molar-refractivity contribution in [1.82, 2.24) is 0 Å². The molecular weight excluding hydrogens is 206 g/mol. The topological polar surface area (TPSA) is 0 Å². The highest BCUT2D eigenvalue weighted by molar-refractivity contribution is 6.60. The molecule has 0 heterocycles. The van der Waals surface area contributed by atoms with E-state index in [4.69, 9.17) is 46.4 Å². The molecule has 0 aromatic rings. The van der Waals surface area contributed by atoms with Crippen LogP contribution in [0.2, 0.25) is 0 Å². The van der Waals surface area contributed by atoms with Crippen molar-refractivity contribution in [3.05, 3.63) is 9.52 Å². The summed E-state index contributed by atoms with van der Waals surface area (Å²) in [6.07, 6.45) is 0. The second-order valence-corrected chi connectivity index (χ2v) is 2.47. The smallest absolute Gasteiger partial charge is 0.120 e. The van der Waals surface area contributed by atoms with Crippen LogP contribution in [0.4, 0.5) is 0 Å². The van der Waals surface area contributed by atoms with E-state index in [2.05, 4.69) is 0 Å². The molecular formula is C3H6Cl4Si. The molecule has 0 N–H and O–H groups in total. The van der Waals surface area contributed by atoms with E-state index in [1.54, 1.807) is 0 Å². The lowest BCUT2D eigenvalue weighted by Crippen LogP contribution is -1.69. The Morgan fingerprint density at radius 1 is 1.12 bits per heavy atom. The van der Waals surface area contributed by atoms with Crippen LogP contribution in [0.5, 0.6) is 0 Å². The molecule has 0 aliphatic heterocycles. The summed E-state index contributed by atoms with van der Waals surface area (Å²) >= 11 is 20.8. The lowest BCUT2D eigenvalue weighted by atomic mass is 10.7. The van der Waals surface area contributed by atoms with Gasteiger partial charge in [0.2, 0.25) is 0 Å². The summed E-state index contributed by atoms with van der Waals surface area (Å²) in [4.78, 5) is 0. The molecule has 0 saturated carbocycles. The van der Waals surface area contributed by atoms with Crippen molar-refractivity contribution in [3.63, 3.8) is 0 Å². The highest BCUT2D eigenvalue weighted by Crippen LogP contribution is 2.17. The largest absolute Gasteiger partial charge is 0.122 e. The normalized spacial score (nSPS) is 7.50. The van der Waals surface area contributed by atoms with Gasteiger partial charge in [-0.2, -0.15) is 0 Å². The van der Waals surface area contributed by atoms with Crippen LogP contribution in [-0.2, 0) is 0 Å². The van der Waals surface area contributed by atoms with Crippen LogP contribution in [-0.4, -0.2) is 16.8 Å². The van der Waals surface area contributed by atoms with E-state index in [0.717, 1.165) is 0 Å². The van der Waals surface area contributed by atoms with Crippen LogP contribution in [0.15, 0.2) is 9.52 Å². The zero-order chi connectivity index (χ0) is 5.86. The maximum absolute atomic E-state index is 5.28. The van der Waals surface area contributed by atoms with E-state index in [-0.39, 0.29) is 26.4 Å². The minimum Gasteiger partial charge on any atom is -0.120 e. The Morgan fingerprint density at radius 3 is 1.50 bits per heavy atom. The molecule has 0 aromatic carbocycles. The number of allylic oxidation sites excluding steroid dienone is 1. The zero-order valence-electron chi connectivity index (χ0n) is 3.22. The van der Waals surface area contributed by atoms with E-state index in [1.807, 2.05) is 0 Å². The number of hydrogen-bond acceptors (Lipinski definition) is 0. The summed E-state index contributed by atoms with van der Waals surface area (Å²) < 4.78 is 0.0386. The first kappa shape index (κ1) is 11.9. The summed E-state index contributed by atoms with van der Waals surface area (Å²) in [5, 5.41) is 0.282. The summed E-state index contributed by atoms with van der Waals surface area (Å²) in [5.74, 6) is 0.171. The highest BCUT2D eigenvalue weighted by Gasteiger charge is 1.92. The standard InChI is InChI=1S/C3H2Cl4.H4Si/c4-1-2(5)3(6)7;/h1H2;1H4. The van der Waals surface area contributed by atoms with E-state index >= 15 is 0 Å². The first-order valence-electron chi connectivity index (χ1n) is 1.44. The van der Waals surface area contributed by atoms with Gasteiger partial charge in [0, 0.05) is 0 Å². The fraction of sp³-hybridized carbons (Fsp3) is 0.333. The molecule has 0 bridgehead atoms. The Labute approximate surface area is 72.8 Å². The average Bonchev–Trinajstić information content (AvgIpc) is 1.65. The average molecular weight is 212 g/mol. The van der Waals surface area contributed by atoms with Crippen molar-refractivity contribution in [3.8, 4) is 0 Å². The van der Waals surface area contributed by atoms with Gasteiger partial charge in [-0.1, -0.05) is 34.8 Å². The molecule has 0 fully saturated rings. The predicted octanol–water partition coefficient (Wildman–Crippen LogP) is 1.66. The Morgan fingerprint density at radius 2 is 1.50 bits per heavy atom. The molecule has 0 rings (SSSR count). The molecule has 0 atom stereocenters. The Hall–Kier alpha value is 1.12. The molecule has 0 aliphatic rings. The maximum atomic E-state index is 5.28. The minimum absolute atomic E-state index is 0. The van der Waals surface area contributed by atoms with Crippen molar-refractivity contribution >= 4 is 57.4 Å². The van der Waals surface area contributed by atoms with Gasteiger partial charge in [-0.15, -0.1) is 11.6 Å². The van der Waals surface area contributed by atoms with Gasteiger partial charge in [0.15, 0.2) is 0 Å². The van der Waals surface area contributed by atoms with Crippen LogP contribution in [0.25, 0.3) is 0 Å². The summed E-state index contributed by atoms with van der Waals surface area (Å²) in [6, 6.07) is 0. The van der Waals surface area contributed by atoms with Crippen molar-refractivity contribution < 1.29 is 0 Å². The third-order valence-corrected chi connectivity index (χ3v) is 1.70. The van der Waals surface area contributed by atoms with Crippen molar-refractivity contribution in [1.29, 1.82) is 0 Å². The Balaban J connectivity index is 0. The lowest BCUT2D eigenvalue weighted by molar-refractivity contribution is 1.69. The summed E-state index contributed by atoms with van der Waals surface area (Å²) in [5.41, 5.74) is 0. The molecule has 5 heteroatoms. The molecule has 0 aliphatic carbocycles. The van der Waals surface area contributed by atoms with Gasteiger partial charge in [-0.3, -0.25) is 0 Å². The van der Waals surface area contributed by atoms with Gasteiger partial charge in [0.05, 0.1) is 10.9 Å². The fourth-order valence-corrected chi connectivity index (χ4v) is 0.455. The van der Waals surface area contributed by atoms with Gasteiger partial charge in [-0.05, 0) is 11.0 Å². The second-order valence-electron chi connectivity index (χ2n) is 0.799. The Bertz CT molecular complexity index is 85.3. The quantitative estimate of drug-likeness (QED) is 0.458. The third-order valence-electron chi connectivity index (χ3n) is 0.322. The van der Waals surface area contributed by atoms with E-state index < -0.39 is 0 Å². The highest BCUT2D eigenvalue weighted by atomic mass is 35.5. The van der Waals surface area contributed by atoms with Crippen LogP contribution < -0.4 is 0 Å². The molecule has 0 amide bonds. The van der Waals surface area contributed by atoms with Crippen molar-refractivity contribution in [2.24, 2.45) is 0 Å². The molecule has 0 unspecified atom stereocenters. The molecule has 0 radical (unpaired) electrons. The van der Waals surface area contributed by atoms with Crippen LogP contribution in [0, 0.1) is 0 Å². The predicted molar refractivity (Wildman–Crippen MR) is 46.6 cm³/mol. The second kappa shape index (κ2) is 6.24. The molecule has 8 heavy (non-hydrogen) atoms. The van der Waals surface area contributed by atoms with Crippen LogP contribution in [0.3, 0.4) is 0 Å². The molecule has 0 nitrogen and oxygen atoms in total. The molecule has 50 valence electrons. The lowest BCUT2D eigenvalue weighted by Gasteiger charge is -1.85. The number of hydrogen-bond donors (Lipinski definition) is 0. The van der Waals surface area contributed by atoms with Crippen molar-refractivity contribution in [2.75, 3.05) is 5.88 Å². The van der Waals surface area contributed by atoms with E-state index in [1.165, 1.54) is 0 Å². The maximum Gasteiger partial charge on any atom is 0.122 e. The number of halogens is 4. The zero-order valence-corrected chi connectivity index (χ0v) is 6.24. The molecule has 0 saturated heterocycles. The van der Waals surface area contributed by atoms with E-state index in [0.29, 0.717) is 0 Å². The van der Waals surface area contributed by atoms with Crippen LogP contribution >= 0.6 is 46.4 Å². The fourth-order valence-electron chi connectivity index (χ4n) is 0.0505. The van der Waals surface area contributed by atoms with Crippen molar-refractivity contribution in [2.45, 2.75) is 0 Å². The van der Waals surface area contributed by atoms with Gasteiger partial charge < -0.3 is 0 Å². The van der Waals surface area contributed by atoms with Gasteiger partial charge in [0.1, 0.15) is 4.49 Å². The minimum atomic E-state index is 0. The van der Waals surface area contributed by atoms with Gasteiger partial charge in [-0.25, -0.2) is 0 Å². The molecule has 0 aromatic heterocycles. The van der Waals surface area contributed by atoms with E-state index in [9.17, 15) is 0 Å². The summed E-state index contributed by atoms with van der Waals surface area (Å²) in [6.45, 7) is 0. The third kappa shape index (κ3) is 5.26. The number of rotatable bonds is 1. The van der Waals surface area contributed by atoms with Crippen LogP contribution in [0.1, 0.15) is 0 Å². The Kier molecular flexibility index (Phi) is 9.25. The first-order chi connectivity index (χ1) is 3.18. The number of alkyl halides is 1. The SMILES string of the molecule is ClCC(Cl)=C(Cl)Cl.[SiH4]. The molecule has 0 spiro atoms. The summed E-state index contributed by atoms with van der Waals surface area (Å²) in [7, 11) is 0. The monoisotopic (exact) mass is 210 g/mol. The first-order valence-corrected chi connectivity index (χ1v) is 3.11. The van der Waals surface area contributed by atoms with Gasteiger partial charge in [0.25, 0.3) is 0 Å².